The van der Waals surface area contributed by atoms with Crippen molar-refractivity contribution < 1.29 is 8.42 Å². The highest BCUT2D eigenvalue weighted by Gasteiger charge is 2.23. The Balaban J connectivity index is 2.32. The molecule has 0 aromatic heterocycles. The predicted octanol–water partition coefficient (Wildman–Crippen LogP) is 1.88. The highest BCUT2D eigenvalue weighted by atomic mass is 32.2. The van der Waals surface area contributed by atoms with Crippen LogP contribution in [0.5, 0.6) is 0 Å². The van der Waals surface area contributed by atoms with Crippen LogP contribution in [0.3, 0.4) is 0 Å². The second kappa shape index (κ2) is 4.74. The zero-order valence-corrected chi connectivity index (χ0v) is 11.4. The summed E-state index contributed by atoms with van der Waals surface area (Å²) >= 11 is 0. The molecule has 1 aliphatic carbocycles. The summed E-state index contributed by atoms with van der Waals surface area (Å²) in [4.78, 5) is 0.275. The van der Waals surface area contributed by atoms with Gasteiger partial charge in [0.15, 0.2) is 0 Å². The van der Waals surface area contributed by atoms with Gasteiger partial charge < -0.3 is 5.73 Å². The summed E-state index contributed by atoms with van der Waals surface area (Å²) in [5.74, 6) is 0. The zero-order chi connectivity index (χ0) is 13.3. The lowest BCUT2D eigenvalue weighted by Gasteiger charge is -2.16. The quantitative estimate of drug-likeness (QED) is 0.648. The summed E-state index contributed by atoms with van der Waals surface area (Å²) in [5.41, 5.74) is 7.94. The fraction of sp³-hybridized carbons (Fsp3) is 0.385. The summed E-state index contributed by atoms with van der Waals surface area (Å²) in [5, 5.41) is 0. The van der Waals surface area contributed by atoms with Crippen molar-refractivity contribution in [2.24, 2.45) is 0 Å². The molecular weight excluding hydrogens is 248 g/mol. The standard InChI is InChI=1S/C13H18N2O2S/c1-9-7-8-12(10(2)13(9)14)18(16,17)15-11-5-3-4-6-11/h3-4,7-8,11,15H,5-6,14H2,1-2H3. The Bertz CT molecular complexity index is 583. The van der Waals surface area contributed by atoms with Crippen LogP contribution in [0.2, 0.25) is 0 Å². The molecule has 0 unspecified atom stereocenters. The van der Waals surface area contributed by atoms with E-state index in [9.17, 15) is 8.42 Å². The normalized spacial score (nSPS) is 16.3. The second-order valence-corrected chi connectivity index (χ2v) is 6.36. The van der Waals surface area contributed by atoms with Crippen LogP contribution in [-0.2, 0) is 10.0 Å². The lowest BCUT2D eigenvalue weighted by Crippen LogP contribution is -2.33. The van der Waals surface area contributed by atoms with E-state index in [0.29, 0.717) is 11.3 Å². The number of hydrogen-bond donors (Lipinski definition) is 2. The lowest BCUT2D eigenvalue weighted by molar-refractivity contribution is 0.557. The van der Waals surface area contributed by atoms with E-state index in [1.807, 2.05) is 19.1 Å². The van der Waals surface area contributed by atoms with Gasteiger partial charge in [-0.1, -0.05) is 18.2 Å². The van der Waals surface area contributed by atoms with E-state index in [1.165, 1.54) is 0 Å². The van der Waals surface area contributed by atoms with Crippen molar-refractivity contribution in [1.29, 1.82) is 0 Å². The molecule has 1 aromatic carbocycles. The van der Waals surface area contributed by atoms with Gasteiger partial charge in [0, 0.05) is 11.7 Å². The molecule has 0 amide bonds. The summed E-state index contributed by atoms with van der Waals surface area (Å²) in [6.07, 6.45) is 5.48. The van der Waals surface area contributed by atoms with Gasteiger partial charge in [-0.15, -0.1) is 0 Å². The molecule has 0 heterocycles. The van der Waals surface area contributed by atoms with Crippen LogP contribution in [0, 0.1) is 13.8 Å². The number of nitrogens with one attached hydrogen (secondary N) is 1. The number of rotatable bonds is 3. The zero-order valence-electron chi connectivity index (χ0n) is 10.6. The monoisotopic (exact) mass is 266 g/mol. The molecule has 2 rings (SSSR count). The maximum Gasteiger partial charge on any atom is 0.241 e. The van der Waals surface area contributed by atoms with E-state index in [2.05, 4.69) is 4.72 Å². The number of nitrogen functional groups attached to an aromatic ring is 1. The van der Waals surface area contributed by atoms with Crippen LogP contribution in [0.4, 0.5) is 5.69 Å². The van der Waals surface area contributed by atoms with Crippen LogP contribution in [-0.4, -0.2) is 14.5 Å². The molecule has 98 valence electrons. The molecule has 0 radical (unpaired) electrons. The fourth-order valence-corrected chi connectivity index (χ4v) is 3.65. The Morgan fingerprint density at radius 2 is 1.83 bits per heavy atom. The SMILES string of the molecule is Cc1ccc(S(=O)(=O)NC2CC=CC2)c(C)c1N. The van der Waals surface area contributed by atoms with E-state index in [4.69, 9.17) is 5.73 Å². The molecule has 1 aromatic rings. The predicted molar refractivity (Wildman–Crippen MR) is 72.8 cm³/mol. The smallest absolute Gasteiger partial charge is 0.241 e. The Hall–Kier alpha value is -1.33. The largest absolute Gasteiger partial charge is 0.398 e. The summed E-state index contributed by atoms with van der Waals surface area (Å²) in [6, 6.07) is 3.33. The molecule has 0 aliphatic heterocycles. The molecular formula is C13H18N2O2S. The van der Waals surface area contributed by atoms with Crippen LogP contribution < -0.4 is 10.5 Å². The first-order chi connectivity index (χ1) is 8.42. The van der Waals surface area contributed by atoms with Crippen molar-refractivity contribution in [2.75, 3.05) is 5.73 Å². The molecule has 0 spiro atoms. The van der Waals surface area contributed by atoms with Crippen molar-refractivity contribution >= 4 is 15.7 Å². The maximum absolute atomic E-state index is 12.3. The van der Waals surface area contributed by atoms with Crippen LogP contribution in [0.1, 0.15) is 24.0 Å². The van der Waals surface area contributed by atoms with Crippen molar-refractivity contribution in [3.63, 3.8) is 0 Å². The third-order valence-corrected chi connectivity index (χ3v) is 4.97. The van der Waals surface area contributed by atoms with E-state index in [-0.39, 0.29) is 10.9 Å². The highest BCUT2D eigenvalue weighted by molar-refractivity contribution is 7.89. The van der Waals surface area contributed by atoms with E-state index in [0.717, 1.165) is 18.4 Å². The van der Waals surface area contributed by atoms with Gasteiger partial charge in [-0.05, 0) is 43.9 Å². The first kappa shape index (κ1) is 13.1. The number of aryl methyl sites for hydroxylation is 1. The van der Waals surface area contributed by atoms with Gasteiger partial charge in [-0.2, -0.15) is 0 Å². The van der Waals surface area contributed by atoms with E-state index >= 15 is 0 Å². The third-order valence-electron chi connectivity index (χ3n) is 3.30. The Labute approximate surface area is 108 Å². The number of anilines is 1. The van der Waals surface area contributed by atoms with Crippen LogP contribution >= 0.6 is 0 Å². The minimum atomic E-state index is -3.48. The molecule has 4 nitrogen and oxygen atoms in total. The first-order valence-electron chi connectivity index (χ1n) is 5.95. The van der Waals surface area contributed by atoms with Gasteiger partial charge in [0.25, 0.3) is 0 Å². The molecule has 3 N–H and O–H groups in total. The van der Waals surface area contributed by atoms with Crippen molar-refractivity contribution in [2.45, 2.75) is 37.6 Å². The maximum atomic E-state index is 12.3. The van der Waals surface area contributed by atoms with Crippen molar-refractivity contribution in [3.05, 3.63) is 35.4 Å². The average Bonchev–Trinajstić information content (AvgIpc) is 2.77. The van der Waals surface area contributed by atoms with Gasteiger partial charge in [0.1, 0.15) is 0 Å². The Kier molecular flexibility index (Phi) is 3.45. The molecule has 18 heavy (non-hydrogen) atoms. The molecule has 0 saturated carbocycles. The molecule has 0 atom stereocenters. The van der Waals surface area contributed by atoms with Crippen molar-refractivity contribution in [1.82, 2.24) is 4.72 Å². The number of sulfonamides is 1. The fourth-order valence-electron chi connectivity index (χ4n) is 2.13. The number of benzene rings is 1. The number of hydrogen-bond acceptors (Lipinski definition) is 3. The van der Waals surface area contributed by atoms with Crippen molar-refractivity contribution in [3.8, 4) is 0 Å². The molecule has 0 fully saturated rings. The van der Waals surface area contributed by atoms with Gasteiger partial charge >= 0.3 is 0 Å². The van der Waals surface area contributed by atoms with Crippen LogP contribution in [0.15, 0.2) is 29.2 Å². The highest BCUT2D eigenvalue weighted by Crippen LogP contribution is 2.25. The summed E-state index contributed by atoms with van der Waals surface area (Å²) in [7, 11) is -3.48. The Morgan fingerprint density at radius 3 is 2.44 bits per heavy atom. The van der Waals surface area contributed by atoms with E-state index < -0.39 is 10.0 Å². The first-order valence-corrected chi connectivity index (χ1v) is 7.43. The molecule has 5 heteroatoms. The summed E-state index contributed by atoms with van der Waals surface area (Å²) in [6.45, 7) is 3.61. The Morgan fingerprint density at radius 1 is 1.22 bits per heavy atom. The minimum Gasteiger partial charge on any atom is -0.398 e. The molecule has 1 aliphatic rings. The third kappa shape index (κ3) is 2.42. The topological polar surface area (TPSA) is 72.2 Å². The van der Waals surface area contributed by atoms with Crippen LogP contribution in [0.25, 0.3) is 0 Å². The number of nitrogens with two attached hydrogens (primary N) is 1. The van der Waals surface area contributed by atoms with Gasteiger partial charge in [-0.25, -0.2) is 13.1 Å². The second-order valence-electron chi connectivity index (χ2n) is 4.68. The summed E-state index contributed by atoms with van der Waals surface area (Å²) < 4.78 is 27.3. The van der Waals surface area contributed by atoms with E-state index in [1.54, 1.807) is 19.1 Å². The lowest BCUT2D eigenvalue weighted by atomic mass is 10.1. The molecule has 0 saturated heterocycles. The van der Waals surface area contributed by atoms with Gasteiger partial charge in [0.05, 0.1) is 4.90 Å². The molecule has 0 bridgehead atoms. The average molecular weight is 266 g/mol. The van der Waals surface area contributed by atoms with Gasteiger partial charge in [0.2, 0.25) is 10.0 Å². The van der Waals surface area contributed by atoms with Gasteiger partial charge in [-0.3, -0.25) is 0 Å². The minimum absolute atomic E-state index is 0.0306.